The van der Waals surface area contributed by atoms with E-state index in [0.717, 1.165) is 39.3 Å². The highest BCUT2D eigenvalue weighted by atomic mass is 32.1. The number of piperazine rings is 1. The van der Waals surface area contributed by atoms with Crippen LogP contribution in [0.2, 0.25) is 0 Å². The van der Waals surface area contributed by atoms with Gasteiger partial charge in [-0.3, -0.25) is 0 Å². The molecule has 1 fully saturated rings. The van der Waals surface area contributed by atoms with E-state index in [-0.39, 0.29) is 0 Å². The number of aromatic nitrogens is 1. The van der Waals surface area contributed by atoms with Gasteiger partial charge in [-0.15, -0.1) is 11.3 Å². The number of hydrogen-bond donors (Lipinski definition) is 1. The van der Waals surface area contributed by atoms with Gasteiger partial charge in [-0.25, -0.2) is 4.98 Å². The molecule has 0 radical (unpaired) electrons. The lowest BCUT2D eigenvalue weighted by Crippen LogP contribution is -2.46. The van der Waals surface area contributed by atoms with Crippen molar-refractivity contribution in [1.29, 1.82) is 0 Å². The summed E-state index contributed by atoms with van der Waals surface area (Å²) in [6.07, 6.45) is 1.17. The number of rotatable bonds is 6. The molecule has 1 aliphatic heterocycles. The summed E-state index contributed by atoms with van der Waals surface area (Å²) in [6, 6.07) is 0.363. The second kappa shape index (κ2) is 7.22. The quantitative estimate of drug-likeness (QED) is 0.868. The van der Waals surface area contributed by atoms with E-state index in [9.17, 15) is 0 Å². The molecule has 0 saturated carbocycles. The molecule has 1 aliphatic rings. The highest BCUT2D eigenvalue weighted by Gasteiger charge is 2.19. The molecule has 0 aliphatic carbocycles. The van der Waals surface area contributed by atoms with Gasteiger partial charge in [0.25, 0.3) is 0 Å². The van der Waals surface area contributed by atoms with Crippen LogP contribution in [0.4, 0.5) is 5.13 Å². The third-order valence-electron chi connectivity index (χ3n) is 3.74. The van der Waals surface area contributed by atoms with Crippen LogP contribution in [-0.4, -0.2) is 49.2 Å². The minimum atomic E-state index is 0.363. The van der Waals surface area contributed by atoms with Crippen molar-refractivity contribution in [3.8, 4) is 0 Å². The summed E-state index contributed by atoms with van der Waals surface area (Å²) in [5.41, 5.74) is 1.19. The second-order valence-electron chi connectivity index (χ2n) is 5.15. The summed E-state index contributed by atoms with van der Waals surface area (Å²) in [5.74, 6) is 0. The molecule has 1 unspecified atom stereocenters. The summed E-state index contributed by atoms with van der Waals surface area (Å²) in [4.78, 5) is 9.72. The average Bonchev–Trinajstić information content (AvgIpc) is 2.94. The van der Waals surface area contributed by atoms with Crippen molar-refractivity contribution in [2.24, 2.45) is 0 Å². The molecular weight excluding hydrogens is 256 g/mol. The molecule has 2 heterocycles. The molecule has 0 amide bonds. The van der Waals surface area contributed by atoms with Crippen LogP contribution in [0.1, 0.15) is 38.9 Å². The fraction of sp³-hybridized carbons (Fsp3) is 0.786. The predicted octanol–water partition coefficient (Wildman–Crippen LogP) is 2.35. The van der Waals surface area contributed by atoms with Gasteiger partial charge in [0.15, 0.2) is 5.13 Å². The van der Waals surface area contributed by atoms with E-state index < -0.39 is 0 Å². The fourth-order valence-corrected chi connectivity index (χ4v) is 3.31. The predicted molar refractivity (Wildman–Crippen MR) is 83.1 cm³/mol. The highest BCUT2D eigenvalue weighted by molar-refractivity contribution is 7.13. The summed E-state index contributed by atoms with van der Waals surface area (Å²) in [7, 11) is 0. The third kappa shape index (κ3) is 3.91. The largest absolute Gasteiger partial charge is 0.346 e. The number of nitrogens with zero attached hydrogens (tertiary/aromatic N) is 3. The van der Waals surface area contributed by atoms with Gasteiger partial charge in [0.2, 0.25) is 0 Å². The number of anilines is 1. The molecule has 108 valence electrons. The molecular formula is C14H26N4S. The van der Waals surface area contributed by atoms with Gasteiger partial charge >= 0.3 is 0 Å². The first-order valence-corrected chi connectivity index (χ1v) is 8.28. The van der Waals surface area contributed by atoms with Crippen molar-refractivity contribution in [2.75, 3.05) is 44.2 Å². The molecule has 5 heteroatoms. The van der Waals surface area contributed by atoms with Crippen LogP contribution in [0.5, 0.6) is 0 Å². The number of nitrogens with one attached hydrogen (secondary N) is 1. The molecule has 4 nitrogen and oxygen atoms in total. The monoisotopic (exact) mass is 282 g/mol. The molecule has 0 spiro atoms. The lowest BCUT2D eigenvalue weighted by molar-refractivity contribution is 0.271. The zero-order valence-electron chi connectivity index (χ0n) is 12.4. The minimum absolute atomic E-state index is 0.363. The second-order valence-corrected chi connectivity index (χ2v) is 5.99. The Hall–Kier alpha value is -0.650. The van der Waals surface area contributed by atoms with E-state index in [4.69, 9.17) is 4.98 Å². The molecule has 1 aromatic rings. The Bertz CT molecular complexity index is 371. The van der Waals surface area contributed by atoms with Crippen molar-refractivity contribution in [2.45, 2.75) is 33.2 Å². The maximum Gasteiger partial charge on any atom is 0.185 e. The first kappa shape index (κ1) is 14.8. The van der Waals surface area contributed by atoms with Crippen molar-refractivity contribution < 1.29 is 0 Å². The maximum absolute atomic E-state index is 4.80. The smallest absolute Gasteiger partial charge is 0.185 e. The van der Waals surface area contributed by atoms with Gasteiger partial charge in [-0.1, -0.05) is 13.8 Å². The molecule has 19 heavy (non-hydrogen) atoms. The van der Waals surface area contributed by atoms with Crippen molar-refractivity contribution in [3.05, 3.63) is 11.1 Å². The van der Waals surface area contributed by atoms with Gasteiger partial charge in [0.05, 0.1) is 5.69 Å². The van der Waals surface area contributed by atoms with Crippen LogP contribution in [0.15, 0.2) is 5.38 Å². The number of thiazole rings is 1. The molecule has 1 aromatic heterocycles. The van der Waals surface area contributed by atoms with E-state index in [0.29, 0.717) is 6.04 Å². The zero-order chi connectivity index (χ0) is 13.7. The standard InChI is InChI=1S/C14H26N4S/c1-4-6-15-12(3)13-11-19-14(16-13)18-9-7-17(5-2)8-10-18/h11-12,15H,4-10H2,1-3H3. The van der Waals surface area contributed by atoms with Gasteiger partial charge in [0.1, 0.15) is 0 Å². The Labute approximate surface area is 120 Å². The van der Waals surface area contributed by atoms with E-state index in [1.807, 2.05) is 0 Å². The van der Waals surface area contributed by atoms with Crippen molar-refractivity contribution >= 4 is 16.5 Å². The van der Waals surface area contributed by atoms with Gasteiger partial charge in [-0.2, -0.15) is 0 Å². The average molecular weight is 282 g/mol. The Morgan fingerprint density at radius 3 is 2.68 bits per heavy atom. The maximum atomic E-state index is 4.80. The lowest BCUT2D eigenvalue weighted by atomic mass is 10.2. The SMILES string of the molecule is CCCNC(C)c1csc(N2CCN(CC)CC2)n1. The van der Waals surface area contributed by atoms with Crippen molar-refractivity contribution in [1.82, 2.24) is 15.2 Å². The van der Waals surface area contributed by atoms with Crippen LogP contribution < -0.4 is 10.2 Å². The molecule has 1 N–H and O–H groups in total. The van der Waals surface area contributed by atoms with E-state index in [1.165, 1.54) is 17.2 Å². The lowest BCUT2D eigenvalue weighted by Gasteiger charge is -2.33. The topological polar surface area (TPSA) is 31.4 Å². The summed E-state index contributed by atoms with van der Waals surface area (Å²) in [5, 5.41) is 6.89. The number of hydrogen-bond acceptors (Lipinski definition) is 5. The Kier molecular flexibility index (Phi) is 5.60. The third-order valence-corrected chi connectivity index (χ3v) is 4.66. The van der Waals surface area contributed by atoms with Crippen molar-refractivity contribution in [3.63, 3.8) is 0 Å². The van der Waals surface area contributed by atoms with Gasteiger partial charge in [0, 0.05) is 37.6 Å². The minimum Gasteiger partial charge on any atom is -0.346 e. The molecule has 0 bridgehead atoms. The van der Waals surface area contributed by atoms with Crippen LogP contribution in [-0.2, 0) is 0 Å². The molecule has 2 rings (SSSR count). The highest BCUT2D eigenvalue weighted by Crippen LogP contribution is 2.24. The first-order valence-electron chi connectivity index (χ1n) is 7.40. The fourth-order valence-electron chi connectivity index (χ4n) is 2.34. The normalized spacial score (nSPS) is 18.8. The van der Waals surface area contributed by atoms with Gasteiger partial charge < -0.3 is 15.1 Å². The zero-order valence-corrected chi connectivity index (χ0v) is 13.2. The molecule has 1 saturated heterocycles. The van der Waals surface area contributed by atoms with Crippen LogP contribution in [0, 0.1) is 0 Å². The Balaban J connectivity index is 1.90. The molecule has 1 atom stereocenters. The summed E-state index contributed by atoms with van der Waals surface area (Å²) >= 11 is 1.78. The summed E-state index contributed by atoms with van der Waals surface area (Å²) < 4.78 is 0. The van der Waals surface area contributed by atoms with Gasteiger partial charge in [-0.05, 0) is 26.4 Å². The first-order chi connectivity index (χ1) is 9.24. The van der Waals surface area contributed by atoms with E-state index in [2.05, 4.69) is 41.3 Å². The van der Waals surface area contributed by atoms with Crippen LogP contribution >= 0.6 is 11.3 Å². The Morgan fingerprint density at radius 2 is 2.05 bits per heavy atom. The van der Waals surface area contributed by atoms with Crippen LogP contribution in [0.25, 0.3) is 0 Å². The molecule has 0 aromatic carbocycles. The van der Waals surface area contributed by atoms with E-state index >= 15 is 0 Å². The Morgan fingerprint density at radius 1 is 1.32 bits per heavy atom. The number of likely N-dealkylation sites (N-methyl/N-ethyl adjacent to an activating group) is 1. The van der Waals surface area contributed by atoms with E-state index in [1.54, 1.807) is 11.3 Å². The summed E-state index contributed by atoms with van der Waals surface area (Å²) in [6.45, 7) is 13.4. The van der Waals surface area contributed by atoms with Crippen LogP contribution in [0.3, 0.4) is 0 Å².